The maximum atomic E-state index is 12.2. The highest BCUT2D eigenvalue weighted by Crippen LogP contribution is 2.18. The average molecular weight is 371 g/mol. The van der Waals surface area contributed by atoms with Crippen molar-refractivity contribution in [3.8, 4) is 0 Å². The fourth-order valence-electron chi connectivity index (χ4n) is 2.30. The molecule has 1 fully saturated rings. The van der Waals surface area contributed by atoms with Gasteiger partial charge in [-0.05, 0) is 43.6 Å². The topological polar surface area (TPSA) is 58.6 Å². The molecule has 122 valence electrons. The first-order valence-corrected chi connectivity index (χ1v) is 8.21. The number of halogens is 1. The molecule has 0 unspecified atom stereocenters. The van der Waals surface area contributed by atoms with Gasteiger partial charge in [0.25, 0.3) is 0 Å². The monoisotopic (exact) mass is 370 g/mol. The van der Waals surface area contributed by atoms with Crippen LogP contribution in [0.4, 0.5) is 5.95 Å². The first-order chi connectivity index (χ1) is 10.3. The summed E-state index contributed by atoms with van der Waals surface area (Å²) in [5, 5.41) is 0. The van der Waals surface area contributed by atoms with Gasteiger partial charge in [0.15, 0.2) is 0 Å². The van der Waals surface area contributed by atoms with E-state index in [1.165, 1.54) is 0 Å². The minimum absolute atomic E-state index is 0.0400. The van der Waals surface area contributed by atoms with Crippen LogP contribution in [0.5, 0.6) is 0 Å². The quantitative estimate of drug-likeness (QED) is 0.815. The third-order valence-electron chi connectivity index (χ3n) is 3.47. The van der Waals surface area contributed by atoms with Gasteiger partial charge in [0, 0.05) is 38.1 Å². The summed E-state index contributed by atoms with van der Waals surface area (Å²) in [5.74, 6) is 0.742. The number of carbonyl (C=O) groups excluding carboxylic acids is 1. The highest BCUT2D eigenvalue weighted by molar-refractivity contribution is 9.10. The summed E-state index contributed by atoms with van der Waals surface area (Å²) in [6.45, 7) is 10.1. The van der Waals surface area contributed by atoms with Crippen LogP contribution < -0.4 is 4.90 Å². The molecule has 2 rings (SSSR count). The van der Waals surface area contributed by atoms with E-state index in [0.29, 0.717) is 19.0 Å². The molecule has 0 saturated carbocycles. The molecular weight excluding hydrogens is 348 g/mol. The third kappa shape index (κ3) is 4.64. The molecule has 0 N–H and O–H groups in total. The molecule has 22 heavy (non-hydrogen) atoms. The molecule has 2 heterocycles. The Hall–Kier alpha value is -1.21. The summed E-state index contributed by atoms with van der Waals surface area (Å²) >= 11 is 3.34. The van der Waals surface area contributed by atoms with E-state index in [9.17, 15) is 4.79 Å². The molecule has 0 radical (unpaired) electrons. The third-order valence-corrected chi connectivity index (χ3v) is 3.88. The summed E-state index contributed by atoms with van der Waals surface area (Å²) in [6.07, 6.45) is 3.48. The fraction of sp³-hybridized carbons (Fsp3) is 0.667. The Morgan fingerprint density at radius 2 is 2.00 bits per heavy atom. The second-order valence-corrected chi connectivity index (χ2v) is 7.40. The summed E-state index contributed by atoms with van der Waals surface area (Å²) in [5.41, 5.74) is -0.297. The maximum absolute atomic E-state index is 12.2. The van der Waals surface area contributed by atoms with Crippen molar-refractivity contribution >= 4 is 27.8 Å². The van der Waals surface area contributed by atoms with Gasteiger partial charge in [0.1, 0.15) is 6.61 Å². The van der Waals surface area contributed by atoms with Gasteiger partial charge < -0.3 is 14.5 Å². The number of rotatable bonds is 3. The summed E-state index contributed by atoms with van der Waals surface area (Å²) < 4.78 is 6.43. The SMILES string of the molecule is C[C@@H]1CN(C(=O)COC(C)(C)C)CCN1c1ncc(Br)cn1. The number of nitrogens with zero attached hydrogens (tertiary/aromatic N) is 4. The summed E-state index contributed by atoms with van der Waals surface area (Å²) in [6, 6.07) is 0.175. The zero-order valence-corrected chi connectivity index (χ0v) is 15.1. The molecule has 1 aliphatic rings. The van der Waals surface area contributed by atoms with Crippen molar-refractivity contribution in [1.82, 2.24) is 14.9 Å². The van der Waals surface area contributed by atoms with Gasteiger partial charge in [-0.2, -0.15) is 0 Å². The normalized spacial score (nSPS) is 19.4. The summed E-state index contributed by atoms with van der Waals surface area (Å²) in [7, 11) is 0. The molecule has 1 atom stereocenters. The lowest BCUT2D eigenvalue weighted by atomic mass is 10.2. The smallest absolute Gasteiger partial charge is 0.248 e. The van der Waals surface area contributed by atoms with Crippen molar-refractivity contribution in [3.63, 3.8) is 0 Å². The minimum Gasteiger partial charge on any atom is -0.366 e. The molecule has 1 aromatic heterocycles. The van der Waals surface area contributed by atoms with Crippen molar-refractivity contribution in [2.75, 3.05) is 31.1 Å². The maximum Gasteiger partial charge on any atom is 0.248 e. The van der Waals surface area contributed by atoms with Crippen LogP contribution in [0.1, 0.15) is 27.7 Å². The number of piperazine rings is 1. The lowest BCUT2D eigenvalue weighted by molar-refractivity contribution is -0.141. The van der Waals surface area contributed by atoms with Gasteiger partial charge >= 0.3 is 0 Å². The number of anilines is 1. The van der Waals surface area contributed by atoms with Gasteiger partial charge in [0.05, 0.1) is 10.1 Å². The van der Waals surface area contributed by atoms with Gasteiger partial charge in [-0.3, -0.25) is 4.79 Å². The van der Waals surface area contributed by atoms with Crippen LogP contribution in [0, 0.1) is 0 Å². The molecule has 7 heteroatoms. The molecule has 1 saturated heterocycles. The van der Waals surface area contributed by atoms with Crippen molar-refractivity contribution in [3.05, 3.63) is 16.9 Å². The Labute approximate surface area is 140 Å². The van der Waals surface area contributed by atoms with E-state index < -0.39 is 0 Å². The van der Waals surface area contributed by atoms with Gasteiger partial charge in [-0.15, -0.1) is 0 Å². The van der Waals surface area contributed by atoms with Crippen LogP contribution in [0.25, 0.3) is 0 Å². The predicted octanol–water partition coefficient (Wildman–Crippen LogP) is 2.09. The Morgan fingerprint density at radius 1 is 1.36 bits per heavy atom. The minimum atomic E-state index is -0.297. The highest BCUT2D eigenvalue weighted by atomic mass is 79.9. The first-order valence-electron chi connectivity index (χ1n) is 7.42. The van der Waals surface area contributed by atoms with Gasteiger partial charge in [0.2, 0.25) is 11.9 Å². The molecule has 1 aromatic rings. The van der Waals surface area contributed by atoms with E-state index in [2.05, 4.69) is 37.7 Å². The number of amides is 1. The van der Waals surface area contributed by atoms with Crippen molar-refractivity contribution in [1.29, 1.82) is 0 Å². The van der Waals surface area contributed by atoms with E-state index in [4.69, 9.17) is 4.74 Å². The van der Waals surface area contributed by atoms with E-state index in [1.807, 2.05) is 25.7 Å². The van der Waals surface area contributed by atoms with Crippen molar-refractivity contribution in [2.24, 2.45) is 0 Å². The molecule has 1 aliphatic heterocycles. The Morgan fingerprint density at radius 3 is 2.55 bits per heavy atom. The van der Waals surface area contributed by atoms with Gasteiger partial charge in [-0.1, -0.05) is 0 Å². The van der Waals surface area contributed by atoms with Crippen LogP contribution >= 0.6 is 15.9 Å². The standard InChI is InChI=1S/C15H23BrN4O2/c1-11-9-19(13(21)10-22-15(2,3)4)5-6-20(11)14-17-7-12(16)8-18-14/h7-8,11H,5-6,9-10H2,1-4H3/t11-/m1/s1. The molecule has 0 aliphatic carbocycles. The Kier molecular flexibility index (Phi) is 5.39. The Bertz CT molecular complexity index is 515. The Balaban J connectivity index is 1.92. The predicted molar refractivity (Wildman–Crippen MR) is 88.8 cm³/mol. The molecule has 0 aromatic carbocycles. The largest absolute Gasteiger partial charge is 0.366 e. The highest BCUT2D eigenvalue weighted by Gasteiger charge is 2.28. The molecular formula is C15H23BrN4O2. The zero-order valence-electron chi connectivity index (χ0n) is 13.5. The second kappa shape index (κ2) is 6.91. The van der Waals surface area contributed by atoms with Crippen LogP contribution in [0.15, 0.2) is 16.9 Å². The zero-order chi connectivity index (χ0) is 16.3. The van der Waals surface area contributed by atoms with Crippen molar-refractivity contribution in [2.45, 2.75) is 39.3 Å². The lowest BCUT2D eigenvalue weighted by Gasteiger charge is -2.40. The first kappa shape index (κ1) is 17.1. The molecule has 0 bridgehead atoms. The second-order valence-electron chi connectivity index (χ2n) is 6.48. The van der Waals surface area contributed by atoms with E-state index in [1.54, 1.807) is 12.4 Å². The molecule has 0 spiro atoms. The van der Waals surface area contributed by atoms with E-state index >= 15 is 0 Å². The number of hydrogen-bond donors (Lipinski definition) is 0. The lowest BCUT2D eigenvalue weighted by Crippen LogP contribution is -2.55. The van der Waals surface area contributed by atoms with Crippen LogP contribution in [0.2, 0.25) is 0 Å². The summed E-state index contributed by atoms with van der Waals surface area (Å²) in [4.78, 5) is 24.9. The molecule has 6 nitrogen and oxygen atoms in total. The number of hydrogen-bond acceptors (Lipinski definition) is 5. The van der Waals surface area contributed by atoms with Crippen LogP contribution in [0.3, 0.4) is 0 Å². The van der Waals surface area contributed by atoms with Crippen molar-refractivity contribution < 1.29 is 9.53 Å². The molecule has 1 amide bonds. The average Bonchev–Trinajstić information content (AvgIpc) is 2.45. The van der Waals surface area contributed by atoms with E-state index in [-0.39, 0.29) is 24.2 Å². The number of carbonyl (C=O) groups is 1. The van der Waals surface area contributed by atoms with Crippen LogP contribution in [-0.2, 0) is 9.53 Å². The van der Waals surface area contributed by atoms with Crippen LogP contribution in [-0.4, -0.2) is 58.7 Å². The van der Waals surface area contributed by atoms with E-state index in [0.717, 1.165) is 11.0 Å². The fourth-order valence-corrected chi connectivity index (χ4v) is 2.51. The number of ether oxygens (including phenoxy) is 1. The number of aromatic nitrogens is 2. The van der Waals surface area contributed by atoms with Gasteiger partial charge in [-0.25, -0.2) is 9.97 Å².